The maximum absolute atomic E-state index is 11.6. The zero-order valence-corrected chi connectivity index (χ0v) is 10.3. The molecule has 0 saturated heterocycles. The van der Waals surface area contributed by atoms with E-state index in [2.05, 4.69) is 10.3 Å². The van der Waals surface area contributed by atoms with Crippen molar-refractivity contribution in [2.24, 2.45) is 11.7 Å². The SMILES string of the molecule is CC(=O)c1csc(NC(=O)C(N)C(C)C)n1. The molecule has 0 saturated carbocycles. The van der Waals surface area contributed by atoms with Crippen molar-refractivity contribution < 1.29 is 9.59 Å². The Kier molecular flexibility index (Phi) is 4.14. The summed E-state index contributed by atoms with van der Waals surface area (Å²) in [5, 5.41) is 4.61. The Morgan fingerprint density at radius 1 is 1.50 bits per heavy atom. The Morgan fingerprint density at radius 2 is 2.12 bits per heavy atom. The average Bonchev–Trinajstić information content (AvgIpc) is 2.64. The summed E-state index contributed by atoms with van der Waals surface area (Å²) in [6.07, 6.45) is 0. The fraction of sp³-hybridized carbons (Fsp3) is 0.500. The topological polar surface area (TPSA) is 85.1 Å². The van der Waals surface area contributed by atoms with Gasteiger partial charge in [-0.3, -0.25) is 9.59 Å². The van der Waals surface area contributed by atoms with Crippen LogP contribution < -0.4 is 11.1 Å². The highest BCUT2D eigenvalue weighted by Crippen LogP contribution is 2.16. The number of Topliss-reactive ketones (excluding diaryl/α,β-unsaturated/α-hetero) is 1. The first kappa shape index (κ1) is 12.8. The predicted octanol–water partition coefficient (Wildman–Crippen LogP) is 1.27. The third-order valence-corrected chi connectivity index (χ3v) is 2.87. The third kappa shape index (κ3) is 3.11. The normalized spacial score (nSPS) is 12.6. The van der Waals surface area contributed by atoms with Gasteiger partial charge in [0.1, 0.15) is 5.69 Å². The Labute approximate surface area is 98.1 Å². The lowest BCUT2D eigenvalue weighted by atomic mass is 10.1. The first-order valence-electron chi connectivity index (χ1n) is 4.94. The van der Waals surface area contributed by atoms with E-state index in [-0.39, 0.29) is 17.6 Å². The van der Waals surface area contributed by atoms with E-state index in [1.165, 1.54) is 18.3 Å². The van der Waals surface area contributed by atoms with Gasteiger partial charge in [0.2, 0.25) is 5.91 Å². The molecule has 0 spiro atoms. The largest absolute Gasteiger partial charge is 0.320 e. The van der Waals surface area contributed by atoms with E-state index in [9.17, 15) is 9.59 Å². The van der Waals surface area contributed by atoms with Crippen LogP contribution >= 0.6 is 11.3 Å². The lowest BCUT2D eigenvalue weighted by Gasteiger charge is -2.13. The first-order valence-corrected chi connectivity index (χ1v) is 5.82. The van der Waals surface area contributed by atoms with Gasteiger partial charge in [-0.05, 0) is 5.92 Å². The molecule has 1 aromatic rings. The summed E-state index contributed by atoms with van der Waals surface area (Å²) in [5.74, 6) is -0.336. The van der Waals surface area contributed by atoms with Gasteiger partial charge in [-0.2, -0.15) is 0 Å². The third-order valence-electron chi connectivity index (χ3n) is 2.12. The lowest BCUT2D eigenvalue weighted by molar-refractivity contribution is -0.118. The molecule has 1 amide bonds. The number of ketones is 1. The van der Waals surface area contributed by atoms with E-state index in [0.29, 0.717) is 10.8 Å². The van der Waals surface area contributed by atoms with Crippen LogP contribution in [-0.2, 0) is 4.79 Å². The number of nitrogens with zero attached hydrogens (tertiary/aromatic N) is 1. The minimum atomic E-state index is -0.565. The highest BCUT2D eigenvalue weighted by molar-refractivity contribution is 7.14. The summed E-state index contributed by atoms with van der Waals surface area (Å²) in [4.78, 5) is 26.5. The second-order valence-electron chi connectivity index (χ2n) is 3.85. The number of hydrogen-bond donors (Lipinski definition) is 2. The summed E-state index contributed by atoms with van der Waals surface area (Å²) in [6, 6.07) is -0.565. The van der Waals surface area contributed by atoms with Gasteiger partial charge in [-0.15, -0.1) is 11.3 Å². The van der Waals surface area contributed by atoms with Gasteiger partial charge in [0, 0.05) is 12.3 Å². The van der Waals surface area contributed by atoms with Crippen molar-refractivity contribution in [1.82, 2.24) is 4.98 Å². The van der Waals surface area contributed by atoms with E-state index >= 15 is 0 Å². The van der Waals surface area contributed by atoms with Crippen molar-refractivity contribution in [1.29, 1.82) is 0 Å². The lowest BCUT2D eigenvalue weighted by Crippen LogP contribution is -2.39. The van der Waals surface area contributed by atoms with Crippen molar-refractivity contribution in [2.45, 2.75) is 26.8 Å². The standard InChI is InChI=1S/C10H15N3O2S/c1-5(2)8(11)9(15)13-10-12-7(4-16-10)6(3)14/h4-5,8H,11H2,1-3H3,(H,12,13,15). The van der Waals surface area contributed by atoms with Gasteiger partial charge in [0.15, 0.2) is 10.9 Å². The van der Waals surface area contributed by atoms with Crippen LogP contribution in [-0.4, -0.2) is 22.7 Å². The number of amides is 1. The minimum absolute atomic E-state index is 0.0623. The van der Waals surface area contributed by atoms with Gasteiger partial charge in [0.25, 0.3) is 0 Å². The number of aromatic nitrogens is 1. The molecule has 6 heteroatoms. The Morgan fingerprint density at radius 3 is 2.56 bits per heavy atom. The van der Waals surface area contributed by atoms with Gasteiger partial charge < -0.3 is 11.1 Å². The monoisotopic (exact) mass is 241 g/mol. The molecule has 0 bridgehead atoms. The van der Waals surface area contributed by atoms with Crippen LogP contribution in [0.5, 0.6) is 0 Å². The van der Waals surface area contributed by atoms with Crippen LogP contribution in [0.15, 0.2) is 5.38 Å². The second-order valence-corrected chi connectivity index (χ2v) is 4.71. The molecule has 0 radical (unpaired) electrons. The van der Waals surface area contributed by atoms with Crippen LogP contribution in [0.1, 0.15) is 31.3 Å². The maximum Gasteiger partial charge on any atom is 0.243 e. The summed E-state index contributed by atoms with van der Waals surface area (Å²) in [7, 11) is 0. The van der Waals surface area contributed by atoms with Crippen LogP contribution in [0, 0.1) is 5.92 Å². The molecule has 1 unspecified atom stereocenters. The molecule has 1 aromatic heterocycles. The number of hydrogen-bond acceptors (Lipinski definition) is 5. The molecule has 0 aromatic carbocycles. The number of carbonyl (C=O) groups is 2. The van der Waals surface area contributed by atoms with E-state index in [4.69, 9.17) is 5.73 Å². The van der Waals surface area contributed by atoms with Crippen molar-refractivity contribution in [3.05, 3.63) is 11.1 Å². The van der Waals surface area contributed by atoms with Gasteiger partial charge in [0.05, 0.1) is 6.04 Å². The Balaban J connectivity index is 2.66. The molecule has 1 heterocycles. The Hall–Kier alpha value is -1.27. The predicted molar refractivity (Wildman–Crippen MR) is 63.6 cm³/mol. The quantitative estimate of drug-likeness (QED) is 0.777. The van der Waals surface area contributed by atoms with Crippen LogP contribution in [0.3, 0.4) is 0 Å². The van der Waals surface area contributed by atoms with Crippen LogP contribution in [0.2, 0.25) is 0 Å². The molecular formula is C10H15N3O2S. The summed E-state index contributed by atoms with van der Waals surface area (Å²) >= 11 is 1.22. The molecule has 0 aliphatic carbocycles. The zero-order valence-electron chi connectivity index (χ0n) is 9.48. The number of rotatable bonds is 4. The molecule has 1 rings (SSSR count). The maximum atomic E-state index is 11.6. The molecule has 0 aliphatic rings. The van der Waals surface area contributed by atoms with Crippen LogP contribution in [0.4, 0.5) is 5.13 Å². The molecular weight excluding hydrogens is 226 g/mol. The summed E-state index contributed by atoms with van der Waals surface area (Å²) in [6.45, 7) is 5.17. The summed E-state index contributed by atoms with van der Waals surface area (Å²) < 4.78 is 0. The smallest absolute Gasteiger partial charge is 0.243 e. The Bertz CT molecular complexity index is 401. The van der Waals surface area contributed by atoms with E-state index < -0.39 is 6.04 Å². The molecule has 88 valence electrons. The number of nitrogens with two attached hydrogens (primary N) is 1. The number of nitrogens with one attached hydrogen (secondary N) is 1. The zero-order chi connectivity index (χ0) is 12.3. The van der Waals surface area contributed by atoms with Gasteiger partial charge in [-0.1, -0.05) is 13.8 Å². The average molecular weight is 241 g/mol. The fourth-order valence-electron chi connectivity index (χ4n) is 0.984. The van der Waals surface area contributed by atoms with E-state index in [1.54, 1.807) is 5.38 Å². The molecule has 16 heavy (non-hydrogen) atoms. The van der Waals surface area contributed by atoms with E-state index in [1.807, 2.05) is 13.8 Å². The number of carbonyl (C=O) groups excluding carboxylic acids is 2. The molecule has 5 nitrogen and oxygen atoms in total. The van der Waals surface area contributed by atoms with E-state index in [0.717, 1.165) is 0 Å². The molecule has 0 fully saturated rings. The van der Waals surface area contributed by atoms with Crippen molar-refractivity contribution in [3.8, 4) is 0 Å². The van der Waals surface area contributed by atoms with Gasteiger partial charge >= 0.3 is 0 Å². The number of thiazole rings is 1. The van der Waals surface area contributed by atoms with Crippen molar-refractivity contribution in [2.75, 3.05) is 5.32 Å². The van der Waals surface area contributed by atoms with Gasteiger partial charge in [-0.25, -0.2) is 4.98 Å². The minimum Gasteiger partial charge on any atom is -0.320 e. The van der Waals surface area contributed by atoms with Crippen molar-refractivity contribution in [3.63, 3.8) is 0 Å². The first-order chi connectivity index (χ1) is 7.41. The molecule has 1 atom stereocenters. The summed E-state index contributed by atoms with van der Waals surface area (Å²) in [5.41, 5.74) is 6.03. The van der Waals surface area contributed by atoms with Crippen LogP contribution in [0.25, 0.3) is 0 Å². The highest BCUT2D eigenvalue weighted by atomic mass is 32.1. The number of anilines is 1. The molecule has 3 N–H and O–H groups in total. The fourth-order valence-corrected chi connectivity index (χ4v) is 1.74. The highest BCUT2D eigenvalue weighted by Gasteiger charge is 2.18. The molecule has 0 aliphatic heterocycles. The van der Waals surface area contributed by atoms with Crippen molar-refractivity contribution >= 4 is 28.2 Å². The second kappa shape index (κ2) is 5.18.